The van der Waals surface area contributed by atoms with Crippen molar-refractivity contribution in [3.8, 4) is 0 Å². The first kappa shape index (κ1) is 14.8. The minimum absolute atomic E-state index is 0.0780. The van der Waals surface area contributed by atoms with Crippen LogP contribution in [0.4, 0.5) is 0 Å². The van der Waals surface area contributed by atoms with Gasteiger partial charge in [-0.05, 0) is 26.3 Å². The largest absolute Gasteiger partial charge is 0.466 e. The van der Waals surface area contributed by atoms with Crippen LogP contribution in [0.1, 0.15) is 34.1 Å². The molecule has 2 aromatic heterocycles. The van der Waals surface area contributed by atoms with Crippen molar-refractivity contribution in [2.75, 3.05) is 26.2 Å². The summed E-state index contributed by atoms with van der Waals surface area (Å²) in [6, 6.07) is 1.84. The first-order chi connectivity index (χ1) is 10.6. The Labute approximate surface area is 130 Å². The number of carbonyl (C=O) groups is 1. The van der Waals surface area contributed by atoms with E-state index in [1.807, 2.05) is 31.0 Å². The summed E-state index contributed by atoms with van der Waals surface area (Å²) < 4.78 is 5.48. The zero-order chi connectivity index (χ0) is 15.5. The molecule has 0 aliphatic carbocycles. The predicted molar refractivity (Wildman–Crippen MR) is 82.6 cm³/mol. The Morgan fingerprint density at radius 1 is 1.32 bits per heavy atom. The molecule has 1 N–H and O–H groups in total. The molecule has 0 spiro atoms. The van der Waals surface area contributed by atoms with Gasteiger partial charge < -0.3 is 14.3 Å². The molecule has 0 atom stereocenters. The van der Waals surface area contributed by atoms with E-state index in [1.54, 1.807) is 6.20 Å². The predicted octanol–water partition coefficient (Wildman–Crippen LogP) is 1.97. The minimum atomic E-state index is 0.0780. The van der Waals surface area contributed by atoms with Gasteiger partial charge >= 0.3 is 0 Å². The van der Waals surface area contributed by atoms with Crippen LogP contribution in [0.2, 0.25) is 0 Å². The molecular formula is C16H22N4O2. The fourth-order valence-electron chi connectivity index (χ4n) is 2.94. The molecule has 1 aliphatic heterocycles. The van der Waals surface area contributed by atoms with E-state index in [0.29, 0.717) is 11.3 Å². The van der Waals surface area contributed by atoms with E-state index in [4.69, 9.17) is 4.42 Å². The van der Waals surface area contributed by atoms with Crippen LogP contribution < -0.4 is 0 Å². The third-order valence-corrected chi connectivity index (χ3v) is 4.08. The van der Waals surface area contributed by atoms with Gasteiger partial charge in [-0.3, -0.25) is 9.69 Å². The van der Waals surface area contributed by atoms with Gasteiger partial charge in [-0.15, -0.1) is 0 Å². The fourth-order valence-corrected chi connectivity index (χ4v) is 2.94. The highest BCUT2D eigenvalue weighted by Crippen LogP contribution is 2.17. The molecule has 1 aliphatic rings. The first-order valence-corrected chi connectivity index (χ1v) is 7.70. The molecule has 0 saturated carbocycles. The number of hydrogen-bond acceptors (Lipinski definition) is 4. The molecule has 0 unspecified atom stereocenters. The maximum atomic E-state index is 12.6. The maximum Gasteiger partial charge on any atom is 0.257 e. The van der Waals surface area contributed by atoms with E-state index >= 15 is 0 Å². The van der Waals surface area contributed by atoms with Gasteiger partial charge in [0.2, 0.25) is 0 Å². The third kappa shape index (κ3) is 3.22. The number of furan rings is 1. The van der Waals surface area contributed by atoms with Crippen LogP contribution in [0.5, 0.6) is 0 Å². The number of nitrogens with zero attached hydrogens (tertiary/aromatic N) is 3. The molecule has 3 heterocycles. The summed E-state index contributed by atoms with van der Waals surface area (Å²) in [5, 5.41) is 0. The lowest BCUT2D eigenvalue weighted by molar-refractivity contribution is 0.0759. The van der Waals surface area contributed by atoms with E-state index < -0.39 is 0 Å². The van der Waals surface area contributed by atoms with E-state index in [9.17, 15) is 4.79 Å². The Balaban J connectivity index is 1.62. The van der Waals surface area contributed by atoms with Crippen LogP contribution in [-0.4, -0.2) is 51.9 Å². The zero-order valence-electron chi connectivity index (χ0n) is 13.1. The lowest BCUT2D eigenvalue weighted by atomic mass is 10.2. The summed E-state index contributed by atoms with van der Waals surface area (Å²) in [6.07, 6.45) is 4.59. The van der Waals surface area contributed by atoms with E-state index in [1.165, 1.54) is 0 Å². The number of aryl methyl sites for hydroxylation is 2. The summed E-state index contributed by atoms with van der Waals surface area (Å²) in [4.78, 5) is 24.3. The van der Waals surface area contributed by atoms with Crippen LogP contribution in [0, 0.1) is 13.8 Å². The van der Waals surface area contributed by atoms with Gasteiger partial charge in [0.1, 0.15) is 17.3 Å². The van der Waals surface area contributed by atoms with Crippen LogP contribution in [-0.2, 0) is 6.54 Å². The number of aromatic nitrogens is 2. The lowest BCUT2D eigenvalue weighted by Gasteiger charge is -2.21. The molecule has 118 valence electrons. The first-order valence-electron chi connectivity index (χ1n) is 7.70. The highest BCUT2D eigenvalue weighted by atomic mass is 16.3. The Morgan fingerprint density at radius 2 is 2.18 bits per heavy atom. The van der Waals surface area contributed by atoms with Gasteiger partial charge in [-0.1, -0.05) is 0 Å². The number of rotatable bonds is 3. The number of nitrogens with one attached hydrogen (secondary N) is 1. The van der Waals surface area contributed by atoms with Crippen molar-refractivity contribution >= 4 is 5.91 Å². The molecular weight excluding hydrogens is 280 g/mol. The molecule has 6 heteroatoms. The number of carbonyl (C=O) groups excluding carboxylic acids is 1. The SMILES string of the molecule is Cc1cc(C(=O)N2CCCN(Cc3ncc[nH]3)CC2)c(C)o1. The van der Waals surface area contributed by atoms with E-state index in [-0.39, 0.29) is 5.91 Å². The summed E-state index contributed by atoms with van der Waals surface area (Å²) in [6.45, 7) is 7.90. The molecule has 0 aromatic carbocycles. The van der Waals surface area contributed by atoms with Crippen molar-refractivity contribution in [1.82, 2.24) is 19.8 Å². The van der Waals surface area contributed by atoms with Crippen molar-refractivity contribution in [3.63, 3.8) is 0 Å². The van der Waals surface area contributed by atoms with Crippen molar-refractivity contribution in [3.05, 3.63) is 41.4 Å². The number of hydrogen-bond donors (Lipinski definition) is 1. The van der Waals surface area contributed by atoms with Gasteiger partial charge in [0, 0.05) is 38.6 Å². The zero-order valence-corrected chi connectivity index (χ0v) is 13.1. The number of amides is 1. The highest BCUT2D eigenvalue weighted by Gasteiger charge is 2.23. The summed E-state index contributed by atoms with van der Waals surface area (Å²) >= 11 is 0. The molecule has 2 aromatic rings. The van der Waals surface area contributed by atoms with Crippen LogP contribution in [0.15, 0.2) is 22.9 Å². The van der Waals surface area contributed by atoms with Crippen molar-refractivity contribution in [2.24, 2.45) is 0 Å². The van der Waals surface area contributed by atoms with Crippen molar-refractivity contribution < 1.29 is 9.21 Å². The monoisotopic (exact) mass is 302 g/mol. The Hall–Kier alpha value is -2.08. The summed E-state index contributed by atoms with van der Waals surface area (Å²) in [5.74, 6) is 2.55. The van der Waals surface area contributed by atoms with E-state index in [2.05, 4.69) is 14.9 Å². The number of H-pyrrole nitrogens is 1. The average molecular weight is 302 g/mol. The molecule has 1 fully saturated rings. The molecule has 1 amide bonds. The molecule has 22 heavy (non-hydrogen) atoms. The van der Waals surface area contributed by atoms with E-state index in [0.717, 1.165) is 50.7 Å². The van der Waals surface area contributed by atoms with Crippen LogP contribution in [0.3, 0.4) is 0 Å². The second-order valence-electron chi connectivity index (χ2n) is 5.78. The highest BCUT2D eigenvalue weighted by molar-refractivity contribution is 5.95. The molecule has 1 saturated heterocycles. The van der Waals surface area contributed by atoms with Gasteiger partial charge in [-0.25, -0.2) is 4.98 Å². The normalized spacial score (nSPS) is 16.7. The van der Waals surface area contributed by atoms with Gasteiger partial charge in [0.15, 0.2) is 0 Å². The van der Waals surface area contributed by atoms with Crippen LogP contribution >= 0.6 is 0 Å². The van der Waals surface area contributed by atoms with Gasteiger partial charge in [0.25, 0.3) is 5.91 Å². The van der Waals surface area contributed by atoms with Crippen molar-refractivity contribution in [1.29, 1.82) is 0 Å². The molecule has 0 radical (unpaired) electrons. The summed E-state index contributed by atoms with van der Waals surface area (Å²) in [7, 11) is 0. The van der Waals surface area contributed by atoms with Crippen LogP contribution in [0.25, 0.3) is 0 Å². The third-order valence-electron chi connectivity index (χ3n) is 4.08. The Bertz CT molecular complexity index is 633. The quantitative estimate of drug-likeness (QED) is 0.941. The Kier molecular flexibility index (Phi) is 4.29. The minimum Gasteiger partial charge on any atom is -0.466 e. The van der Waals surface area contributed by atoms with Gasteiger partial charge in [0.05, 0.1) is 12.1 Å². The standard InChI is InChI=1S/C16H22N4O2/c1-12-10-14(13(2)22-12)16(21)20-7-3-6-19(8-9-20)11-15-17-4-5-18-15/h4-5,10H,3,6-9,11H2,1-2H3,(H,17,18). The second kappa shape index (κ2) is 6.36. The smallest absolute Gasteiger partial charge is 0.257 e. The maximum absolute atomic E-state index is 12.6. The number of imidazole rings is 1. The lowest BCUT2D eigenvalue weighted by Crippen LogP contribution is -2.35. The number of aromatic amines is 1. The molecule has 3 rings (SSSR count). The van der Waals surface area contributed by atoms with Crippen molar-refractivity contribution in [2.45, 2.75) is 26.8 Å². The topological polar surface area (TPSA) is 65.4 Å². The second-order valence-corrected chi connectivity index (χ2v) is 5.78. The molecule has 6 nitrogen and oxygen atoms in total. The summed E-state index contributed by atoms with van der Waals surface area (Å²) in [5.41, 5.74) is 0.692. The fraction of sp³-hybridized carbons (Fsp3) is 0.500. The molecule has 0 bridgehead atoms. The average Bonchev–Trinajstić information content (AvgIpc) is 3.03. The Morgan fingerprint density at radius 3 is 2.86 bits per heavy atom. The van der Waals surface area contributed by atoms with Gasteiger partial charge in [-0.2, -0.15) is 0 Å².